The Kier molecular flexibility index (Phi) is 9.44. The highest BCUT2D eigenvalue weighted by molar-refractivity contribution is 7.93. The van der Waals surface area contributed by atoms with E-state index in [0.717, 1.165) is 15.6 Å². The zero-order chi connectivity index (χ0) is 29.7. The summed E-state index contributed by atoms with van der Waals surface area (Å²) in [6.07, 6.45) is 0. The molecule has 0 atom stereocenters. The topological polar surface area (TPSA) is 111 Å². The number of thiophene rings is 1. The Bertz CT molecular complexity index is 1690. The number of hydrogen-bond donors (Lipinski definition) is 1. The molecule has 0 aliphatic rings. The van der Waals surface area contributed by atoms with Crippen LogP contribution in [0.2, 0.25) is 9.36 Å². The van der Waals surface area contributed by atoms with Gasteiger partial charge in [0.25, 0.3) is 15.9 Å². The average molecular weight is 636 g/mol. The van der Waals surface area contributed by atoms with Crippen LogP contribution in [0.15, 0.2) is 77.7 Å². The number of benzene rings is 3. The fourth-order valence-corrected chi connectivity index (χ4v) is 6.84. The molecule has 0 bridgehead atoms. The smallest absolute Gasteiger partial charge is 0.343 e. The van der Waals surface area contributed by atoms with Crippen molar-refractivity contribution in [2.24, 2.45) is 0 Å². The van der Waals surface area contributed by atoms with Gasteiger partial charge in [0.2, 0.25) is 0 Å². The van der Waals surface area contributed by atoms with Gasteiger partial charge in [0.05, 0.1) is 29.3 Å². The molecule has 1 aromatic heterocycles. The summed E-state index contributed by atoms with van der Waals surface area (Å²) in [5.41, 5.74) is 0.508. The average Bonchev–Trinajstić information content (AvgIpc) is 3.36. The number of methoxy groups -OCH3 is 1. The van der Waals surface area contributed by atoms with Gasteiger partial charge in [-0.25, -0.2) is 13.2 Å². The molecule has 0 saturated heterocycles. The molecular weight excluding hydrogens is 611 g/mol. The van der Waals surface area contributed by atoms with Crippen LogP contribution in [0, 0.1) is 0 Å². The van der Waals surface area contributed by atoms with Gasteiger partial charge >= 0.3 is 5.97 Å². The molecule has 1 heterocycles. The maximum absolute atomic E-state index is 13.6. The molecule has 9 nitrogen and oxygen atoms in total. The number of sulfonamides is 1. The minimum atomic E-state index is -4.25. The second-order valence-corrected chi connectivity index (χ2v) is 12.4. The molecule has 1 amide bonds. The molecule has 13 heteroatoms. The molecule has 0 saturated carbocycles. The van der Waals surface area contributed by atoms with E-state index in [4.69, 9.17) is 37.4 Å². The minimum absolute atomic E-state index is 0.0814. The third-order valence-electron chi connectivity index (χ3n) is 5.67. The highest BCUT2D eigenvalue weighted by Crippen LogP contribution is 2.37. The third kappa shape index (κ3) is 6.94. The van der Waals surface area contributed by atoms with Crippen LogP contribution in [0.25, 0.3) is 0 Å². The molecule has 0 unspecified atom stereocenters. The van der Waals surface area contributed by atoms with Gasteiger partial charge in [-0.2, -0.15) is 0 Å². The highest BCUT2D eigenvalue weighted by atomic mass is 35.5. The Morgan fingerprint density at radius 3 is 2.39 bits per heavy atom. The lowest BCUT2D eigenvalue weighted by Gasteiger charge is -2.21. The maximum atomic E-state index is 13.6. The molecule has 0 aliphatic carbocycles. The number of hydrogen-bond acceptors (Lipinski definition) is 8. The number of nitrogens with one attached hydrogen (secondary N) is 1. The predicted octanol–water partition coefficient (Wildman–Crippen LogP) is 6.76. The zero-order valence-electron chi connectivity index (χ0n) is 22.0. The van der Waals surface area contributed by atoms with Crippen LogP contribution in [0.3, 0.4) is 0 Å². The van der Waals surface area contributed by atoms with Crippen LogP contribution in [0.4, 0.5) is 11.4 Å². The van der Waals surface area contributed by atoms with Gasteiger partial charge < -0.3 is 19.5 Å². The van der Waals surface area contributed by atoms with E-state index in [1.54, 1.807) is 42.5 Å². The number of anilines is 2. The van der Waals surface area contributed by atoms with Crippen molar-refractivity contribution in [3.05, 3.63) is 92.6 Å². The molecule has 0 aliphatic heterocycles. The predicted molar refractivity (Wildman–Crippen MR) is 160 cm³/mol. The quantitative estimate of drug-likeness (QED) is 0.151. The summed E-state index contributed by atoms with van der Waals surface area (Å²) in [5.74, 6) is -0.320. The minimum Gasteiger partial charge on any atom is -0.493 e. The second-order valence-electron chi connectivity index (χ2n) is 8.37. The van der Waals surface area contributed by atoms with E-state index >= 15 is 0 Å². The Balaban J connectivity index is 1.60. The first-order valence-corrected chi connectivity index (χ1v) is 15.0. The van der Waals surface area contributed by atoms with Crippen molar-refractivity contribution in [3.8, 4) is 17.2 Å². The normalized spacial score (nSPS) is 11.0. The van der Waals surface area contributed by atoms with Crippen molar-refractivity contribution in [2.45, 2.75) is 11.8 Å². The molecule has 0 radical (unpaired) electrons. The molecule has 41 heavy (non-hydrogen) atoms. The molecule has 4 rings (SSSR count). The Morgan fingerprint density at radius 2 is 1.71 bits per heavy atom. The Morgan fingerprint density at radius 1 is 0.976 bits per heavy atom. The van der Waals surface area contributed by atoms with E-state index in [1.165, 1.54) is 44.5 Å². The van der Waals surface area contributed by atoms with Gasteiger partial charge in [0.15, 0.2) is 11.5 Å². The molecular formula is C28H24Cl2N2O7S2. The van der Waals surface area contributed by atoms with Crippen molar-refractivity contribution in [1.29, 1.82) is 0 Å². The summed E-state index contributed by atoms with van der Waals surface area (Å²) in [6, 6.07) is 18.5. The number of carbonyl (C=O) groups is 2. The highest BCUT2D eigenvalue weighted by Gasteiger charge is 2.30. The largest absolute Gasteiger partial charge is 0.493 e. The van der Waals surface area contributed by atoms with Crippen LogP contribution in [0.1, 0.15) is 27.0 Å². The number of halogens is 2. The van der Waals surface area contributed by atoms with E-state index in [1.807, 2.05) is 6.92 Å². The standard InChI is InChI=1S/C28H24Cl2N2O7S2/c1-4-38-22-11-10-20(15-23(22)37-3)32(2)41(35,36)24-16-25(30)40-26(24)27(33)31-19-13-17(12-18(29)14-19)28(34)39-21-8-6-5-7-9-21/h5-16H,4H2,1-3H3,(H,31,33). The van der Waals surface area contributed by atoms with E-state index in [0.29, 0.717) is 23.9 Å². The number of ether oxygens (including phenoxy) is 3. The maximum Gasteiger partial charge on any atom is 0.343 e. The lowest BCUT2D eigenvalue weighted by molar-refractivity contribution is 0.0734. The molecule has 214 valence electrons. The lowest BCUT2D eigenvalue weighted by atomic mass is 10.2. The van der Waals surface area contributed by atoms with Crippen molar-refractivity contribution in [3.63, 3.8) is 0 Å². The SMILES string of the molecule is CCOc1ccc(N(C)S(=O)(=O)c2cc(Cl)sc2C(=O)Nc2cc(Cl)cc(C(=O)Oc3ccccc3)c2)cc1OC. The van der Waals surface area contributed by atoms with Crippen LogP contribution in [-0.2, 0) is 10.0 Å². The fraction of sp³-hybridized carbons (Fsp3) is 0.143. The molecule has 4 aromatic rings. The number of amides is 1. The van der Waals surface area contributed by atoms with Crippen LogP contribution in [-0.4, -0.2) is 41.1 Å². The number of esters is 1. The van der Waals surface area contributed by atoms with Gasteiger partial charge in [0.1, 0.15) is 15.5 Å². The number of para-hydroxylation sites is 1. The van der Waals surface area contributed by atoms with Gasteiger partial charge in [0, 0.05) is 23.8 Å². The van der Waals surface area contributed by atoms with E-state index < -0.39 is 21.9 Å². The first kappa shape index (κ1) is 30.2. The monoisotopic (exact) mass is 634 g/mol. The van der Waals surface area contributed by atoms with Crippen molar-refractivity contribution < 1.29 is 32.2 Å². The Labute approximate surface area is 251 Å². The summed E-state index contributed by atoms with van der Waals surface area (Å²) in [7, 11) is -1.46. The first-order chi connectivity index (χ1) is 19.5. The lowest BCUT2D eigenvalue weighted by Crippen LogP contribution is -2.28. The van der Waals surface area contributed by atoms with E-state index in [-0.39, 0.29) is 36.1 Å². The molecule has 0 fully saturated rings. The first-order valence-electron chi connectivity index (χ1n) is 12.0. The number of rotatable bonds is 10. The van der Waals surface area contributed by atoms with Crippen LogP contribution >= 0.6 is 34.5 Å². The molecule has 0 spiro atoms. The van der Waals surface area contributed by atoms with Gasteiger partial charge in [-0.1, -0.05) is 41.4 Å². The third-order valence-corrected chi connectivity index (χ3v) is 9.09. The van der Waals surface area contributed by atoms with Gasteiger partial charge in [-0.15, -0.1) is 11.3 Å². The van der Waals surface area contributed by atoms with E-state index in [9.17, 15) is 18.0 Å². The number of carbonyl (C=O) groups excluding carboxylic acids is 2. The van der Waals surface area contributed by atoms with Gasteiger partial charge in [-0.3, -0.25) is 9.10 Å². The van der Waals surface area contributed by atoms with Crippen molar-refractivity contribution in [2.75, 3.05) is 30.4 Å². The van der Waals surface area contributed by atoms with Crippen LogP contribution < -0.4 is 23.8 Å². The molecule has 3 aromatic carbocycles. The summed E-state index contributed by atoms with van der Waals surface area (Å²) in [6.45, 7) is 2.22. The molecule has 1 N–H and O–H groups in total. The summed E-state index contributed by atoms with van der Waals surface area (Å²) >= 11 is 13.2. The second kappa shape index (κ2) is 12.8. The van der Waals surface area contributed by atoms with Crippen LogP contribution in [0.5, 0.6) is 17.2 Å². The van der Waals surface area contributed by atoms with Crippen molar-refractivity contribution in [1.82, 2.24) is 0 Å². The zero-order valence-corrected chi connectivity index (χ0v) is 25.2. The van der Waals surface area contributed by atoms with Crippen molar-refractivity contribution >= 4 is 67.8 Å². The fourth-order valence-electron chi connectivity index (χ4n) is 3.73. The summed E-state index contributed by atoms with van der Waals surface area (Å²) < 4.78 is 44.6. The number of nitrogens with zero attached hydrogens (tertiary/aromatic N) is 1. The Hall–Kier alpha value is -3.77. The summed E-state index contributed by atoms with van der Waals surface area (Å²) in [4.78, 5) is 25.5. The summed E-state index contributed by atoms with van der Waals surface area (Å²) in [5, 5.41) is 2.76. The van der Waals surface area contributed by atoms with E-state index in [2.05, 4.69) is 5.32 Å². The van der Waals surface area contributed by atoms with Gasteiger partial charge in [-0.05, 0) is 55.5 Å².